The summed E-state index contributed by atoms with van der Waals surface area (Å²) in [6.45, 7) is 8.16. The molecule has 0 unspecified atom stereocenters. The largest absolute Gasteiger partial charge is 0.361 e. The van der Waals surface area contributed by atoms with Gasteiger partial charge in [-0.05, 0) is 49.6 Å². The molecule has 0 aliphatic carbocycles. The van der Waals surface area contributed by atoms with Gasteiger partial charge in [0.25, 0.3) is 5.56 Å². The van der Waals surface area contributed by atoms with Crippen LogP contribution in [-0.2, 0) is 33.1 Å². The van der Waals surface area contributed by atoms with Crippen LogP contribution in [-0.4, -0.2) is 34.2 Å². The Bertz CT molecular complexity index is 1490. The minimum Gasteiger partial charge on any atom is -0.305 e. The van der Waals surface area contributed by atoms with Crippen LogP contribution in [0.25, 0.3) is 0 Å². The number of hydrogen-bond donors (Lipinski definition) is 0. The lowest BCUT2D eigenvalue weighted by molar-refractivity contribution is 0.230. The smallest absolute Gasteiger partial charge is 0.305 e. The standard InChI is InChI=1S/C32H36N3O4P/c1-4-38-40(37,39-5-2)28-18-16-25(17-19-28)22-34-21-20-30-29(23-34)32(36)35(24(3)33-30)31(26-12-8-6-9-13-26)27-14-10-7-11-15-27/h6-19,31H,4-5,20-23H2,1-3H3. The molecule has 0 fully saturated rings. The average molecular weight is 558 g/mol. The van der Waals surface area contributed by atoms with Crippen molar-refractivity contribution in [2.75, 3.05) is 19.8 Å². The van der Waals surface area contributed by atoms with E-state index < -0.39 is 7.60 Å². The molecule has 0 saturated heterocycles. The topological polar surface area (TPSA) is 73.7 Å². The Morgan fingerprint density at radius 1 is 0.875 bits per heavy atom. The van der Waals surface area contributed by atoms with E-state index in [9.17, 15) is 9.36 Å². The zero-order valence-corrected chi connectivity index (χ0v) is 24.2. The third-order valence-electron chi connectivity index (χ3n) is 7.26. The highest BCUT2D eigenvalue weighted by Crippen LogP contribution is 2.46. The summed E-state index contributed by atoms with van der Waals surface area (Å²) in [5, 5.41) is 0.555. The highest BCUT2D eigenvalue weighted by Gasteiger charge is 2.28. The number of aromatic nitrogens is 2. The molecule has 0 atom stereocenters. The van der Waals surface area contributed by atoms with E-state index in [2.05, 4.69) is 29.2 Å². The van der Waals surface area contributed by atoms with Gasteiger partial charge in [0, 0.05) is 26.1 Å². The summed E-state index contributed by atoms with van der Waals surface area (Å²) >= 11 is 0. The monoisotopic (exact) mass is 557 g/mol. The van der Waals surface area contributed by atoms with Crippen molar-refractivity contribution < 1.29 is 13.6 Å². The summed E-state index contributed by atoms with van der Waals surface area (Å²) in [4.78, 5) is 21.3. The summed E-state index contributed by atoms with van der Waals surface area (Å²) in [6.07, 6.45) is 0.718. The van der Waals surface area contributed by atoms with Crippen molar-refractivity contribution in [3.05, 3.63) is 129 Å². The third-order valence-corrected chi connectivity index (χ3v) is 9.39. The molecule has 8 heteroatoms. The third kappa shape index (κ3) is 5.89. The average Bonchev–Trinajstić information content (AvgIpc) is 2.97. The van der Waals surface area contributed by atoms with Gasteiger partial charge in [-0.15, -0.1) is 0 Å². The fraction of sp³-hybridized carbons (Fsp3) is 0.312. The van der Waals surface area contributed by atoms with Gasteiger partial charge in [0.1, 0.15) is 5.82 Å². The van der Waals surface area contributed by atoms with Gasteiger partial charge in [-0.2, -0.15) is 0 Å². The van der Waals surface area contributed by atoms with E-state index in [4.69, 9.17) is 14.0 Å². The van der Waals surface area contributed by atoms with Gasteiger partial charge in [0.2, 0.25) is 0 Å². The second-order valence-electron chi connectivity index (χ2n) is 9.94. The summed E-state index contributed by atoms with van der Waals surface area (Å²) in [5.74, 6) is 0.721. The molecule has 0 radical (unpaired) electrons. The van der Waals surface area contributed by atoms with Gasteiger partial charge in [0.15, 0.2) is 0 Å². The molecule has 0 spiro atoms. The lowest BCUT2D eigenvalue weighted by Gasteiger charge is -2.30. The molecule has 0 N–H and O–H groups in total. The molecule has 1 aromatic heterocycles. The Morgan fingerprint density at radius 2 is 1.45 bits per heavy atom. The zero-order valence-electron chi connectivity index (χ0n) is 23.3. The van der Waals surface area contributed by atoms with Crippen molar-refractivity contribution in [1.82, 2.24) is 14.5 Å². The van der Waals surface area contributed by atoms with Crippen LogP contribution in [0.4, 0.5) is 0 Å². The molecule has 0 amide bonds. The van der Waals surface area contributed by atoms with Crippen molar-refractivity contribution in [2.24, 2.45) is 0 Å². The quantitative estimate of drug-likeness (QED) is 0.235. The molecule has 0 bridgehead atoms. The van der Waals surface area contributed by atoms with E-state index in [0.717, 1.165) is 46.7 Å². The summed E-state index contributed by atoms with van der Waals surface area (Å²) in [7, 11) is -3.32. The van der Waals surface area contributed by atoms with E-state index in [0.29, 0.717) is 31.6 Å². The molecular formula is C32H36N3O4P. The number of rotatable bonds is 10. The molecule has 0 saturated carbocycles. The van der Waals surface area contributed by atoms with Gasteiger partial charge in [-0.3, -0.25) is 18.8 Å². The first-order chi connectivity index (χ1) is 19.4. The molecule has 1 aliphatic heterocycles. The number of fused-ring (bicyclic) bond motifs is 1. The predicted molar refractivity (Wildman–Crippen MR) is 158 cm³/mol. The maximum Gasteiger partial charge on any atom is 0.361 e. The van der Waals surface area contributed by atoms with Crippen molar-refractivity contribution in [3.8, 4) is 0 Å². The fourth-order valence-electron chi connectivity index (χ4n) is 5.43. The first kappa shape index (κ1) is 28.2. The second-order valence-corrected chi connectivity index (χ2v) is 12.0. The molecule has 1 aliphatic rings. The van der Waals surface area contributed by atoms with Crippen molar-refractivity contribution in [3.63, 3.8) is 0 Å². The number of aryl methyl sites for hydroxylation is 1. The van der Waals surface area contributed by atoms with Crippen LogP contribution in [0.3, 0.4) is 0 Å². The van der Waals surface area contributed by atoms with E-state index in [1.165, 1.54) is 0 Å². The number of hydrogen-bond acceptors (Lipinski definition) is 6. The maximum atomic E-state index is 14.1. The summed E-state index contributed by atoms with van der Waals surface area (Å²) in [5.41, 5.74) is 4.81. The zero-order chi connectivity index (χ0) is 28.1. The summed E-state index contributed by atoms with van der Waals surface area (Å²) in [6, 6.07) is 27.6. The van der Waals surface area contributed by atoms with E-state index in [1.54, 1.807) is 13.8 Å². The SMILES string of the molecule is CCOP(=O)(OCC)c1ccc(CN2CCc3nc(C)n(C(c4ccccc4)c4ccccc4)c(=O)c3C2)cc1. The second kappa shape index (κ2) is 12.4. The highest BCUT2D eigenvalue weighted by molar-refractivity contribution is 7.62. The van der Waals surface area contributed by atoms with E-state index in [1.807, 2.05) is 72.2 Å². The molecule has 40 heavy (non-hydrogen) atoms. The predicted octanol–water partition coefficient (Wildman–Crippen LogP) is 5.64. The highest BCUT2D eigenvalue weighted by atomic mass is 31.2. The minimum absolute atomic E-state index is 0.00891. The van der Waals surface area contributed by atoms with Crippen LogP contribution in [0.15, 0.2) is 89.7 Å². The summed E-state index contributed by atoms with van der Waals surface area (Å²) < 4.78 is 25.9. The molecular weight excluding hydrogens is 521 g/mol. The van der Waals surface area contributed by atoms with Crippen LogP contribution < -0.4 is 10.9 Å². The van der Waals surface area contributed by atoms with Crippen molar-refractivity contribution in [1.29, 1.82) is 0 Å². The molecule has 4 aromatic rings. The van der Waals surface area contributed by atoms with Crippen LogP contribution in [0.5, 0.6) is 0 Å². The molecule has 3 aromatic carbocycles. The van der Waals surface area contributed by atoms with Gasteiger partial charge < -0.3 is 9.05 Å². The van der Waals surface area contributed by atoms with Gasteiger partial charge >= 0.3 is 7.60 Å². The number of nitrogens with zero attached hydrogens (tertiary/aromatic N) is 3. The molecule has 7 nitrogen and oxygen atoms in total. The van der Waals surface area contributed by atoms with E-state index >= 15 is 0 Å². The van der Waals surface area contributed by atoms with Crippen LogP contribution in [0, 0.1) is 6.92 Å². The maximum absolute atomic E-state index is 14.1. The van der Waals surface area contributed by atoms with Gasteiger partial charge in [-0.1, -0.05) is 72.8 Å². The van der Waals surface area contributed by atoms with E-state index in [-0.39, 0.29) is 11.6 Å². The Balaban J connectivity index is 1.43. The Morgan fingerprint density at radius 3 is 2.00 bits per heavy atom. The van der Waals surface area contributed by atoms with Crippen LogP contribution in [0.2, 0.25) is 0 Å². The van der Waals surface area contributed by atoms with Crippen LogP contribution in [0.1, 0.15) is 53.7 Å². The van der Waals surface area contributed by atoms with Gasteiger partial charge in [0.05, 0.1) is 35.8 Å². The Labute approximate surface area is 236 Å². The fourth-order valence-corrected chi connectivity index (χ4v) is 7.00. The van der Waals surface area contributed by atoms with Crippen LogP contribution >= 0.6 is 7.60 Å². The molecule has 208 valence electrons. The van der Waals surface area contributed by atoms with Crippen molar-refractivity contribution in [2.45, 2.75) is 46.3 Å². The molecule has 5 rings (SSSR count). The van der Waals surface area contributed by atoms with Gasteiger partial charge in [-0.25, -0.2) is 4.98 Å². The first-order valence-electron chi connectivity index (χ1n) is 13.8. The number of benzene rings is 3. The lowest BCUT2D eigenvalue weighted by Crippen LogP contribution is -2.40. The molecule has 2 heterocycles. The lowest BCUT2D eigenvalue weighted by atomic mass is 9.97. The van der Waals surface area contributed by atoms with Crippen molar-refractivity contribution >= 4 is 12.9 Å². The first-order valence-corrected chi connectivity index (χ1v) is 15.4. The Hall–Kier alpha value is -3.35. The minimum atomic E-state index is -3.32. The normalized spacial score (nSPS) is 13.9. The Kier molecular flexibility index (Phi) is 8.77.